The van der Waals surface area contributed by atoms with Crippen molar-refractivity contribution in [2.45, 2.75) is 6.17 Å². The summed E-state index contributed by atoms with van der Waals surface area (Å²) < 4.78 is 0. The Balaban J connectivity index is 2.75. The quantitative estimate of drug-likeness (QED) is 0.592. The van der Waals surface area contributed by atoms with Crippen molar-refractivity contribution in [1.29, 1.82) is 0 Å². The van der Waals surface area contributed by atoms with Crippen LogP contribution in [0.4, 0.5) is 0 Å². The summed E-state index contributed by atoms with van der Waals surface area (Å²) in [5.41, 5.74) is 6.80. The minimum absolute atomic E-state index is 0.0406. The summed E-state index contributed by atoms with van der Waals surface area (Å²) in [4.78, 5) is 0. The molecular formula is C8H12N2. The zero-order valence-corrected chi connectivity index (χ0v) is 6.04. The van der Waals surface area contributed by atoms with Crippen LogP contribution in [0.25, 0.3) is 0 Å². The van der Waals surface area contributed by atoms with Crippen LogP contribution in [0.15, 0.2) is 30.3 Å². The van der Waals surface area contributed by atoms with Gasteiger partial charge in [-0.2, -0.15) is 0 Å². The van der Waals surface area contributed by atoms with Crippen LogP contribution in [0.5, 0.6) is 0 Å². The Morgan fingerprint density at radius 3 is 2.40 bits per heavy atom. The number of benzene rings is 1. The fourth-order valence-electron chi connectivity index (χ4n) is 0.827. The van der Waals surface area contributed by atoms with Gasteiger partial charge in [-0.1, -0.05) is 30.3 Å². The molecule has 0 bridgehead atoms. The van der Waals surface area contributed by atoms with E-state index in [1.807, 2.05) is 37.4 Å². The molecule has 0 fully saturated rings. The molecule has 0 aliphatic heterocycles. The maximum absolute atomic E-state index is 5.68. The van der Waals surface area contributed by atoms with Crippen LogP contribution in [0.3, 0.4) is 0 Å². The third kappa shape index (κ3) is 1.56. The second-order valence-electron chi connectivity index (χ2n) is 2.18. The van der Waals surface area contributed by atoms with E-state index in [0.717, 1.165) is 5.56 Å². The molecule has 1 rings (SSSR count). The largest absolute Gasteiger partial charge is 0.312 e. The van der Waals surface area contributed by atoms with Crippen LogP contribution >= 0.6 is 0 Å². The van der Waals surface area contributed by atoms with Crippen molar-refractivity contribution in [3.63, 3.8) is 0 Å². The summed E-state index contributed by atoms with van der Waals surface area (Å²) in [6.07, 6.45) is -0.0406. The molecule has 0 saturated heterocycles. The molecule has 0 spiro atoms. The van der Waals surface area contributed by atoms with Gasteiger partial charge in [0.15, 0.2) is 0 Å². The van der Waals surface area contributed by atoms with E-state index in [1.165, 1.54) is 0 Å². The highest BCUT2D eigenvalue weighted by atomic mass is 15.0. The molecule has 2 heteroatoms. The second kappa shape index (κ2) is 3.34. The van der Waals surface area contributed by atoms with Gasteiger partial charge in [-0.3, -0.25) is 0 Å². The molecule has 1 aromatic rings. The van der Waals surface area contributed by atoms with E-state index in [4.69, 9.17) is 5.73 Å². The fraction of sp³-hybridized carbons (Fsp3) is 0.250. The van der Waals surface area contributed by atoms with Crippen molar-refractivity contribution in [2.24, 2.45) is 5.73 Å². The van der Waals surface area contributed by atoms with Gasteiger partial charge in [0, 0.05) is 0 Å². The van der Waals surface area contributed by atoms with E-state index in [9.17, 15) is 0 Å². The van der Waals surface area contributed by atoms with Crippen LogP contribution in [-0.2, 0) is 0 Å². The second-order valence-corrected chi connectivity index (χ2v) is 2.18. The third-order valence-electron chi connectivity index (χ3n) is 1.47. The van der Waals surface area contributed by atoms with Crippen molar-refractivity contribution in [3.8, 4) is 0 Å². The Morgan fingerprint density at radius 1 is 1.30 bits per heavy atom. The molecule has 2 nitrogen and oxygen atoms in total. The van der Waals surface area contributed by atoms with Gasteiger partial charge in [0.25, 0.3) is 0 Å². The van der Waals surface area contributed by atoms with Crippen molar-refractivity contribution in [3.05, 3.63) is 35.9 Å². The molecule has 54 valence electrons. The van der Waals surface area contributed by atoms with Crippen LogP contribution in [0, 0.1) is 0 Å². The highest BCUT2D eigenvalue weighted by Gasteiger charge is 1.98. The molecule has 0 radical (unpaired) electrons. The normalized spacial score (nSPS) is 13.0. The van der Waals surface area contributed by atoms with Gasteiger partial charge in [0.05, 0.1) is 6.17 Å². The topological polar surface area (TPSA) is 38.0 Å². The smallest absolute Gasteiger partial charge is 0.0807 e. The molecule has 0 amide bonds. The summed E-state index contributed by atoms with van der Waals surface area (Å²) in [6, 6.07) is 9.94. The predicted octanol–water partition coefficient (Wildman–Crippen LogP) is 0.863. The average molecular weight is 136 g/mol. The molecule has 0 heterocycles. The van der Waals surface area contributed by atoms with Gasteiger partial charge in [-0.05, 0) is 12.6 Å². The highest BCUT2D eigenvalue weighted by molar-refractivity contribution is 5.17. The highest BCUT2D eigenvalue weighted by Crippen LogP contribution is 2.04. The Labute approximate surface area is 61.1 Å². The summed E-state index contributed by atoms with van der Waals surface area (Å²) >= 11 is 0. The SMILES string of the molecule is CNC(N)c1ccccc1. The van der Waals surface area contributed by atoms with Crippen LogP contribution in [-0.4, -0.2) is 7.05 Å². The number of hydrogen-bond donors (Lipinski definition) is 2. The van der Waals surface area contributed by atoms with E-state index >= 15 is 0 Å². The molecule has 0 saturated carbocycles. The number of hydrogen-bond acceptors (Lipinski definition) is 2. The molecule has 0 aromatic heterocycles. The molecule has 3 N–H and O–H groups in total. The lowest BCUT2D eigenvalue weighted by Crippen LogP contribution is -2.24. The molecule has 0 aliphatic carbocycles. The molecule has 0 aliphatic rings. The van der Waals surface area contributed by atoms with E-state index in [1.54, 1.807) is 0 Å². The number of nitrogens with one attached hydrogen (secondary N) is 1. The minimum atomic E-state index is -0.0406. The molecule has 1 atom stereocenters. The van der Waals surface area contributed by atoms with Crippen LogP contribution in [0.1, 0.15) is 11.7 Å². The monoisotopic (exact) mass is 136 g/mol. The molecule has 10 heavy (non-hydrogen) atoms. The first-order valence-electron chi connectivity index (χ1n) is 3.32. The number of rotatable bonds is 2. The third-order valence-corrected chi connectivity index (χ3v) is 1.47. The minimum Gasteiger partial charge on any atom is -0.312 e. The Morgan fingerprint density at radius 2 is 1.90 bits per heavy atom. The number of nitrogens with two attached hydrogens (primary N) is 1. The maximum atomic E-state index is 5.68. The first-order chi connectivity index (χ1) is 4.84. The van der Waals surface area contributed by atoms with Gasteiger partial charge in [0.1, 0.15) is 0 Å². The van der Waals surface area contributed by atoms with Gasteiger partial charge >= 0.3 is 0 Å². The summed E-state index contributed by atoms with van der Waals surface area (Å²) in [5.74, 6) is 0. The van der Waals surface area contributed by atoms with Crippen molar-refractivity contribution in [2.75, 3.05) is 7.05 Å². The van der Waals surface area contributed by atoms with Gasteiger partial charge in [-0.15, -0.1) is 0 Å². The van der Waals surface area contributed by atoms with Crippen molar-refractivity contribution >= 4 is 0 Å². The van der Waals surface area contributed by atoms with Crippen LogP contribution in [0.2, 0.25) is 0 Å². The van der Waals surface area contributed by atoms with Crippen LogP contribution < -0.4 is 11.1 Å². The molecule has 1 unspecified atom stereocenters. The average Bonchev–Trinajstić information content (AvgIpc) is 2.05. The van der Waals surface area contributed by atoms with E-state index in [2.05, 4.69) is 5.32 Å². The first kappa shape index (κ1) is 7.25. The molecule has 1 aromatic carbocycles. The predicted molar refractivity (Wildman–Crippen MR) is 42.4 cm³/mol. The van der Waals surface area contributed by atoms with Crippen molar-refractivity contribution < 1.29 is 0 Å². The zero-order valence-electron chi connectivity index (χ0n) is 6.04. The standard InChI is InChI=1S/C8H12N2/c1-10-8(9)7-5-3-2-4-6-7/h2-6,8,10H,9H2,1H3. The first-order valence-corrected chi connectivity index (χ1v) is 3.32. The summed E-state index contributed by atoms with van der Waals surface area (Å²) in [6.45, 7) is 0. The van der Waals surface area contributed by atoms with Gasteiger partial charge in [0.2, 0.25) is 0 Å². The zero-order chi connectivity index (χ0) is 7.40. The lowest BCUT2D eigenvalue weighted by Gasteiger charge is -2.08. The summed E-state index contributed by atoms with van der Waals surface area (Å²) in [5, 5.41) is 2.96. The van der Waals surface area contributed by atoms with Crippen molar-refractivity contribution in [1.82, 2.24) is 5.32 Å². The maximum Gasteiger partial charge on any atom is 0.0807 e. The Bertz CT molecular complexity index is 184. The lowest BCUT2D eigenvalue weighted by molar-refractivity contribution is 0.622. The fourth-order valence-corrected chi connectivity index (χ4v) is 0.827. The Kier molecular flexibility index (Phi) is 2.42. The Hall–Kier alpha value is -0.860. The summed E-state index contributed by atoms with van der Waals surface area (Å²) in [7, 11) is 1.84. The lowest BCUT2D eigenvalue weighted by atomic mass is 10.2. The van der Waals surface area contributed by atoms with Gasteiger partial charge in [-0.25, -0.2) is 0 Å². The van der Waals surface area contributed by atoms with E-state index in [-0.39, 0.29) is 6.17 Å². The van der Waals surface area contributed by atoms with E-state index < -0.39 is 0 Å². The van der Waals surface area contributed by atoms with E-state index in [0.29, 0.717) is 0 Å². The molecular weight excluding hydrogens is 124 g/mol. The van der Waals surface area contributed by atoms with Gasteiger partial charge < -0.3 is 11.1 Å².